The molecule has 23 heavy (non-hydrogen) atoms. The Morgan fingerprint density at radius 1 is 1.39 bits per heavy atom. The van der Waals surface area contributed by atoms with Crippen LogP contribution in [0.5, 0.6) is 0 Å². The van der Waals surface area contributed by atoms with Gasteiger partial charge in [-0.2, -0.15) is 5.10 Å². The number of fused-ring (bicyclic) bond motifs is 1. The lowest BCUT2D eigenvalue weighted by Crippen LogP contribution is -2.41. The number of halogens is 1. The zero-order chi connectivity index (χ0) is 16.8. The Balaban J connectivity index is 1.77. The average Bonchev–Trinajstić information content (AvgIpc) is 3.01. The summed E-state index contributed by atoms with van der Waals surface area (Å²) in [5.74, 6) is 0.203. The van der Waals surface area contributed by atoms with Crippen molar-refractivity contribution in [3.63, 3.8) is 0 Å². The Hall–Kier alpha value is -1.32. The van der Waals surface area contributed by atoms with Crippen molar-refractivity contribution in [2.24, 2.45) is 0 Å². The summed E-state index contributed by atoms with van der Waals surface area (Å²) in [5.41, 5.74) is 1.49. The summed E-state index contributed by atoms with van der Waals surface area (Å²) >= 11 is 2.28. The Labute approximate surface area is 148 Å². The highest BCUT2D eigenvalue weighted by molar-refractivity contribution is 14.1. The van der Waals surface area contributed by atoms with E-state index in [9.17, 15) is 9.59 Å². The standard InChI is InChI=1S/C15H21IN4O3/c1-15(2,3)23-14(22)19-4-5-20-10(8-19)12(16)13(18-20)9-6-11(21)17-7-9/h9H,4-8H2,1-3H3,(H,17,21). The second-order valence-electron chi connectivity index (χ2n) is 6.98. The number of aromatic nitrogens is 2. The lowest BCUT2D eigenvalue weighted by molar-refractivity contribution is -0.119. The fourth-order valence-corrected chi connectivity index (χ4v) is 3.85. The Morgan fingerprint density at radius 2 is 2.13 bits per heavy atom. The van der Waals surface area contributed by atoms with Gasteiger partial charge < -0.3 is 15.0 Å². The monoisotopic (exact) mass is 432 g/mol. The van der Waals surface area contributed by atoms with Crippen molar-refractivity contribution in [2.75, 3.05) is 13.1 Å². The van der Waals surface area contributed by atoms with Crippen LogP contribution >= 0.6 is 22.6 Å². The predicted octanol–water partition coefficient (Wildman–Crippen LogP) is 1.84. The van der Waals surface area contributed by atoms with Crippen molar-refractivity contribution in [2.45, 2.75) is 51.8 Å². The number of rotatable bonds is 1. The van der Waals surface area contributed by atoms with Crippen molar-refractivity contribution in [1.29, 1.82) is 0 Å². The first-order chi connectivity index (χ1) is 10.7. The molecule has 8 heteroatoms. The molecule has 3 rings (SSSR count). The second-order valence-corrected chi connectivity index (χ2v) is 8.05. The van der Waals surface area contributed by atoms with Crippen molar-refractivity contribution >= 4 is 34.6 Å². The van der Waals surface area contributed by atoms with E-state index in [1.807, 2.05) is 25.5 Å². The van der Waals surface area contributed by atoms with E-state index < -0.39 is 5.60 Å². The number of nitrogens with one attached hydrogen (secondary N) is 1. The molecular weight excluding hydrogens is 411 g/mol. The molecule has 1 aromatic rings. The fraction of sp³-hybridized carbons (Fsp3) is 0.667. The van der Waals surface area contributed by atoms with Crippen molar-refractivity contribution in [3.05, 3.63) is 15.0 Å². The van der Waals surface area contributed by atoms with Crippen molar-refractivity contribution < 1.29 is 14.3 Å². The maximum absolute atomic E-state index is 12.3. The molecule has 0 aromatic carbocycles. The average molecular weight is 432 g/mol. The number of carbonyl (C=O) groups is 2. The first kappa shape index (κ1) is 16.5. The Morgan fingerprint density at radius 3 is 2.74 bits per heavy atom. The van der Waals surface area contributed by atoms with E-state index in [0.29, 0.717) is 32.6 Å². The van der Waals surface area contributed by atoms with Crippen LogP contribution in [-0.4, -0.2) is 45.4 Å². The van der Waals surface area contributed by atoms with Gasteiger partial charge in [0, 0.05) is 25.4 Å². The zero-order valence-electron chi connectivity index (χ0n) is 13.6. The number of carbonyl (C=O) groups excluding carboxylic acids is 2. The molecule has 2 amide bonds. The number of ether oxygens (including phenoxy) is 1. The van der Waals surface area contributed by atoms with Gasteiger partial charge in [0.1, 0.15) is 5.60 Å². The third kappa shape index (κ3) is 3.46. The molecule has 1 saturated heterocycles. The van der Waals surface area contributed by atoms with Gasteiger partial charge in [-0.15, -0.1) is 0 Å². The molecule has 2 aliphatic heterocycles. The molecule has 3 heterocycles. The predicted molar refractivity (Wildman–Crippen MR) is 92.0 cm³/mol. The van der Waals surface area contributed by atoms with Crippen LogP contribution in [0.2, 0.25) is 0 Å². The van der Waals surface area contributed by atoms with Gasteiger partial charge in [0.05, 0.1) is 28.0 Å². The van der Waals surface area contributed by atoms with Gasteiger partial charge in [-0.05, 0) is 43.4 Å². The number of nitrogens with zero attached hydrogens (tertiary/aromatic N) is 3. The lowest BCUT2D eigenvalue weighted by atomic mass is 10.0. The largest absolute Gasteiger partial charge is 0.444 e. The van der Waals surface area contributed by atoms with E-state index in [-0.39, 0.29) is 17.9 Å². The third-order valence-corrected chi connectivity index (χ3v) is 5.13. The molecule has 7 nitrogen and oxygen atoms in total. The van der Waals surface area contributed by atoms with Gasteiger partial charge in [0.15, 0.2) is 0 Å². The molecule has 0 spiro atoms. The fourth-order valence-electron chi connectivity index (χ4n) is 2.85. The minimum atomic E-state index is -0.497. The van der Waals surface area contributed by atoms with Crippen LogP contribution in [-0.2, 0) is 22.6 Å². The van der Waals surface area contributed by atoms with Crippen molar-refractivity contribution in [3.8, 4) is 0 Å². The Bertz CT molecular complexity index is 650. The highest BCUT2D eigenvalue weighted by Gasteiger charge is 2.33. The quantitative estimate of drug-likeness (QED) is 0.688. The van der Waals surface area contributed by atoms with Gasteiger partial charge in [-0.25, -0.2) is 4.79 Å². The maximum atomic E-state index is 12.3. The van der Waals surface area contributed by atoms with Crippen LogP contribution in [0.1, 0.15) is 44.5 Å². The van der Waals surface area contributed by atoms with E-state index in [1.54, 1.807) is 4.90 Å². The molecule has 0 radical (unpaired) electrons. The molecular formula is C15H21IN4O3. The minimum Gasteiger partial charge on any atom is -0.444 e. The van der Waals surface area contributed by atoms with E-state index in [1.165, 1.54) is 0 Å². The van der Waals surface area contributed by atoms with Crippen LogP contribution in [0, 0.1) is 3.57 Å². The third-order valence-electron chi connectivity index (χ3n) is 3.96. The SMILES string of the molecule is CC(C)(C)OC(=O)N1CCn2nc(C3CNC(=O)C3)c(I)c2C1. The maximum Gasteiger partial charge on any atom is 0.410 e. The summed E-state index contributed by atoms with van der Waals surface area (Å²) in [6, 6.07) is 0. The molecule has 2 aliphatic rings. The highest BCUT2D eigenvalue weighted by atomic mass is 127. The summed E-state index contributed by atoms with van der Waals surface area (Å²) < 4.78 is 8.47. The Kier molecular flexibility index (Phi) is 4.28. The zero-order valence-corrected chi connectivity index (χ0v) is 15.7. The minimum absolute atomic E-state index is 0.0761. The summed E-state index contributed by atoms with van der Waals surface area (Å²) in [5, 5.41) is 7.53. The van der Waals surface area contributed by atoms with Gasteiger partial charge >= 0.3 is 6.09 Å². The van der Waals surface area contributed by atoms with E-state index in [4.69, 9.17) is 4.74 Å². The van der Waals surface area contributed by atoms with Gasteiger partial charge in [-0.1, -0.05) is 0 Å². The molecule has 1 atom stereocenters. The molecule has 126 valence electrons. The molecule has 1 N–H and O–H groups in total. The van der Waals surface area contributed by atoms with Crippen LogP contribution in [0.15, 0.2) is 0 Å². The molecule has 1 unspecified atom stereocenters. The van der Waals surface area contributed by atoms with Gasteiger partial charge in [-0.3, -0.25) is 9.48 Å². The van der Waals surface area contributed by atoms with E-state index >= 15 is 0 Å². The highest BCUT2D eigenvalue weighted by Crippen LogP contribution is 2.30. The van der Waals surface area contributed by atoms with Gasteiger partial charge in [0.25, 0.3) is 0 Å². The van der Waals surface area contributed by atoms with Crippen molar-refractivity contribution in [1.82, 2.24) is 20.0 Å². The second kappa shape index (κ2) is 5.95. The normalized spacial score (nSPS) is 21.1. The van der Waals surface area contributed by atoms with Crippen LogP contribution in [0.3, 0.4) is 0 Å². The smallest absolute Gasteiger partial charge is 0.410 e. The molecule has 0 aliphatic carbocycles. The summed E-state index contributed by atoms with van der Waals surface area (Å²) in [4.78, 5) is 25.4. The number of hydrogen-bond acceptors (Lipinski definition) is 4. The van der Waals surface area contributed by atoms with E-state index in [2.05, 4.69) is 33.0 Å². The molecule has 0 saturated carbocycles. The summed E-state index contributed by atoms with van der Waals surface area (Å²) in [6.07, 6.45) is 0.197. The molecule has 0 bridgehead atoms. The van der Waals surface area contributed by atoms with Gasteiger partial charge in [0.2, 0.25) is 5.91 Å². The molecule has 1 fully saturated rings. The first-order valence-corrected chi connectivity index (χ1v) is 8.82. The summed E-state index contributed by atoms with van der Waals surface area (Å²) in [7, 11) is 0. The molecule has 1 aromatic heterocycles. The first-order valence-electron chi connectivity index (χ1n) is 7.74. The van der Waals surface area contributed by atoms with Crippen LogP contribution in [0.4, 0.5) is 4.79 Å². The lowest BCUT2D eigenvalue weighted by Gasteiger charge is -2.30. The summed E-state index contributed by atoms with van der Waals surface area (Å²) in [6.45, 7) is 7.97. The number of hydrogen-bond donors (Lipinski definition) is 1. The van der Waals surface area contributed by atoms with Crippen LogP contribution in [0.25, 0.3) is 0 Å². The van der Waals surface area contributed by atoms with Crippen LogP contribution < -0.4 is 5.32 Å². The topological polar surface area (TPSA) is 76.5 Å². The number of amides is 2. The van der Waals surface area contributed by atoms with E-state index in [0.717, 1.165) is 15.0 Å².